The normalized spacial score (nSPS) is 11.1. The van der Waals surface area contributed by atoms with Crippen molar-refractivity contribution in [2.24, 2.45) is 5.92 Å². The number of hydrogen-bond donors (Lipinski definition) is 1. The number of ether oxygens (including phenoxy) is 1. The van der Waals surface area contributed by atoms with Crippen molar-refractivity contribution >= 4 is 5.97 Å². The number of rotatable bonds is 7. The first-order chi connectivity index (χ1) is 13.8. The number of hydrogen-bond acceptors (Lipinski definition) is 5. The van der Waals surface area contributed by atoms with E-state index in [1.165, 1.54) is 47.1 Å². The summed E-state index contributed by atoms with van der Waals surface area (Å²) in [6, 6.07) is 6.92. The van der Waals surface area contributed by atoms with Crippen LogP contribution in [-0.2, 0) is 17.8 Å². The van der Waals surface area contributed by atoms with E-state index in [2.05, 4.69) is 9.97 Å². The Kier molecular flexibility index (Phi) is 5.76. The molecule has 0 aliphatic heterocycles. The summed E-state index contributed by atoms with van der Waals surface area (Å²) in [6.07, 6.45) is 0.937. The third-order valence-corrected chi connectivity index (χ3v) is 4.24. The number of carbonyl (C=O) groups is 1. The molecule has 1 N–H and O–H groups in total. The Balaban J connectivity index is 2.20. The topological polar surface area (TPSA) is 99.2 Å². The summed E-state index contributed by atoms with van der Waals surface area (Å²) in [7, 11) is 1.47. The maximum absolute atomic E-state index is 13.8. The van der Waals surface area contributed by atoms with E-state index < -0.39 is 11.8 Å². The van der Waals surface area contributed by atoms with Gasteiger partial charge in [-0.1, -0.05) is 13.8 Å². The fraction of sp³-hybridized carbons (Fsp3) is 0.300. The molecule has 0 unspecified atom stereocenters. The lowest BCUT2D eigenvalue weighted by molar-refractivity contribution is -0.136. The smallest absolute Gasteiger partial charge is 0.309 e. The molecule has 29 heavy (non-hydrogen) atoms. The Bertz CT molecular complexity index is 1100. The second-order valence-corrected chi connectivity index (χ2v) is 6.94. The summed E-state index contributed by atoms with van der Waals surface area (Å²) in [5.74, 6) is -0.649. The van der Waals surface area contributed by atoms with E-state index in [1.807, 2.05) is 13.8 Å². The number of carboxylic acids is 1. The number of halogens is 1. The van der Waals surface area contributed by atoms with Gasteiger partial charge in [0.2, 0.25) is 0 Å². The van der Waals surface area contributed by atoms with Gasteiger partial charge in [0.05, 0.1) is 24.9 Å². The van der Waals surface area contributed by atoms with Gasteiger partial charge in [-0.15, -0.1) is 0 Å². The number of benzene rings is 1. The van der Waals surface area contributed by atoms with Crippen molar-refractivity contribution in [3.8, 4) is 22.8 Å². The lowest BCUT2D eigenvalue weighted by Gasteiger charge is -2.16. The summed E-state index contributed by atoms with van der Waals surface area (Å²) in [6.45, 7) is 4.27. The van der Waals surface area contributed by atoms with Crippen molar-refractivity contribution in [1.29, 1.82) is 0 Å². The van der Waals surface area contributed by atoms with Crippen molar-refractivity contribution in [1.82, 2.24) is 19.3 Å². The fourth-order valence-corrected chi connectivity index (χ4v) is 3.09. The Morgan fingerprint density at radius 1 is 1.24 bits per heavy atom. The molecule has 3 aromatic rings. The molecular formula is C20H21FN4O4. The molecule has 0 amide bonds. The average Bonchev–Trinajstić information content (AvgIpc) is 2.95. The van der Waals surface area contributed by atoms with Gasteiger partial charge in [-0.3, -0.25) is 9.59 Å². The number of aliphatic carboxylic acids is 1. The van der Waals surface area contributed by atoms with E-state index >= 15 is 0 Å². The van der Waals surface area contributed by atoms with Crippen molar-refractivity contribution in [2.45, 2.75) is 26.8 Å². The SMILES string of the molecule is COc1ccc(F)cc1-c1cc(-n2c(CC(=O)O)cc(=O)n2CC(C)C)ncn1. The van der Waals surface area contributed by atoms with E-state index in [4.69, 9.17) is 4.74 Å². The number of methoxy groups -OCH3 is 1. The van der Waals surface area contributed by atoms with Crippen LogP contribution in [0.4, 0.5) is 4.39 Å². The molecule has 2 aromatic heterocycles. The Morgan fingerprint density at radius 3 is 2.66 bits per heavy atom. The molecule has 0 atom stereocenters. The molecule has 0 saturated carbocycles. The summed E-state index contributed by atoms with van der Waals surface area (Å²) in [5.41, 5.74) is 0.767. The highest BCUT2D eigenvalue weighted by molar-refractivity contribution is 5.70. The van der Waals surface area contributed by atoms with Gasteiger partial charge in [0.15, 0.2) is 5.82 Å². The zero-order chi connectivity index (χ0) is 21.1. The van der Waals surface area contributed by atoms with Gasteiger partial charge in [0.1, 0.15) is 17.9 Å². The molecule has 9 heteroatoms. The van der Waals surface area contributed by atoms with Crippen molar-refractivity contribution in [3.63, 3.8) is 0 Å². The van der Waals surface area contributed by atoms with Gasteiger partial charge >= 0.3 is 5.97 Å². The number of nitrogens with zero attached hydrogens (tertiary/aromatic N) is 4. The molecule has 152 valence electrons. The highest BCUT2D eigenvalue weighted by atomic mass is 19.1. The van der Waals surface area contributed by atoms with Crippen LogP contribution in [0.1, 0.15) is 19.5 Å². The zero-order valence-electron chi connectivity index (χ0n) is 16.3. The molecule has 0 bridgehead atoms. The maximum atomic E-state index is 13.8. The Labute approximate surface area is 166 Å². The molecule has 3 rings (SSSR count). The molecule has 0 aliphatic carbocycles. The van der Waals surface area contributed by atoms with Crippen LogP contribution in [0.15, 0.2) is 41.5 Å². The van der Waals surface area contributed by atoms with E-state index in [0.717, 1.165) is 0 Å². The summed E-state index contributed by atoms with van der Waals surface area (Å²) in [4.78, 5) is 32.2. The van der Waals surface area contributed by atoms with Crippen molar-refractivity contribution in [2.75, 3.05) is 7.11 Å². The van der Waals surface area contributed by atoms with Crippen molar-refractivity contribution < 1.29 is 19.0 Å². The molecule has 0 spiro atoms. The number of aromatic nitrogens is 4. The maximum Gasteiger partial charge on any atom is 0.309 e. The first-order valence-corrected chi connectivity index (χ1v) is 9.00. The minimum Gasteiger partial charge on any atom is -0.496 e. The minimum atomic E-state index is -1.07. The van der Waals surface area contributed by atoms with Crippen LogP contribution in [0.2, 0.25) is 0 Å². The first-order valence-electron chi connectivity index (χ1n) is 9.00. The van der Waals surface area contributed by atoms with Crippen LogP contribution in [0, 0.1) is 11.7 Å². The predicted octanol–water partition coefficient (Wildman–Crippen LogP) is 2.53. The van der Waals surface area contributed by atoms with E-state index in [0.29, 0.717) is 35.1 Å². The second-order valence-electron chi connectivity index (χ2n) is 6.94. The van der Waals surface area contributed by atoms with Crippen molar-refractivity contribution in [3.05, 3.63) is 58.5 Å². The van der Waals surface area contributed by atoms with Gasteiger partial charge in [0, 0.05) is 24.2 Å². The summed E-state index contributed by atoms with van der Waals surface area (Å²) >= 11 is 0. The van der Waals surface area contributed by atoms with Gasteiger partial charge in [-0.05, 0) is 24.1 Å². The van der Waals surface area contributed by atoms with Gasteiger partial charge in [-0.25, -0.2) is 23.7 Å². The average molecular weight is 400 g/mol. The highest BCUT2D eigenvalue weighted by Gasteiger charge is 2.19. The molecule has 0 radical (unpaired) electrons. The quantitative estimate of drug-likeness (QED) is 0.654. The van der Waals surface area contributed by atoms with Crippen LogP contribution in [0.3, 0.4) is 0 Å². The Hall–Kier alpha value is -3.49. The van der Waals surface area contributed by atoms with E-state index in [-0.39, 0.29) is 17.9 Å². The number of carboxylic acid groups (broad SMARTS) is 1. The summed E-state index contributed by atoms with van der Waals surface area (Å²) < 4.78 is 22.0. The third kappa shape index (κ3) is 4.34. The fourth-order valence-electron chi connectivity index (χ4n) is 3.09. The van der Waals surface area contributed by atoms with E-state index in [1.54, 1.807) is 6.07 Å². The highest BCUT2D eigenvalue weighted by Crippen LogP contribution is 2.30. The van der Waals surface area contributed by atoms with Crippen LogP contribution < -0.4 is 10.3 Å². The van der Waals surface area contributed by atoms with Gasteiger partial charge < -0.3 is 9.84 Å². The Morgan fingerprint density at radius 2 is 2.00 bits per heavy atom. The molecule has 8 nitrogen and oxygen atoms in total. The zero-order valence-corrected chi connectivity index (χ0v) is 16.3. The molecule has 2 heterocycles. The van der Waals surface area contributed by atoms with E-state index in [9.17, 15) is 19.1 Å². The lowest BCUT2D eigenvalue weighted by atomic mass is 10.1. The largest absolute Gasteiger partial charge is 0.496 e. The summed E-state index contributed by atoms with van der Waals surface area (Å²) in [5, 5.41) is 9.24. The van der Waals surface area contributed by atoms with Gasteiger partial charge in [0.25, 0.3) is 5.56 Å². The van der Waals surface area contributed by atoms with Gasteiger partial charge in [-0.2, -0.15) is 0 Å². The molecule has 0 fully saturated rings. The third-order valence-electron chi connectivity index (χ3n) is 4.24. The predicted molar refractivity (Wildman–Crippen MR) is 104 cm³/mol. The molecular weight excluding hydrogens is 379 g/mol. The standard InChI is InChI=1S/C20H21FN4O4/c1-12(2)10-24-19(26)7-14(8-20(27)28)25(24)18-9-16(22-11-23-18)15-6-13(21)4-5-17(15)29-3/h4-7,9,11-12H,8,10H2,1-3H3,(H,27,28). The van der Waals surface area contributed by atoms with Crippen LogP contribution in [0.25, 0.3) is 17.1 Å². The monoisotopic (exact) mass is 400 g/mol. The van der Waals surface area contributed by atoms with Crippen LogP contribution in [0.5, 0.6) is 5.75 Å². The second kappa shape index (κ2) is 8.26. The molecule has 1 aromatic carbocycles. The first kappa shape index (κ1) is 20.2. The minimum absolute atomic E-state index is 0.142. The lowest BCUT2D eigenvalue weighted by Crippen LogP contribution is -2.25. The molecule has 0 saturated heterocycles. The van der Waals surface area contributed by atoms with Crippen LogP contribution >= 0.6 is 0 Å². The molecule has 0 aliphatic rings. The van der Waals surface area contributed by atoms with Crippen LogP contribution in [-0.4, -0.2) is 37.5 Å².